The van der Waals surface area contributed by atoms with Crippen molar-refractivity contribution in [3.63, 3.8) is 0 Å². The van der Waals surface area contributed by atoms with Gasteiger partial charge >= 0.3 is 0 Å². The van der Waals surface area contributed by atoms with Gasteiger partial charge in [0.05, 0.1) is 17.1 Å². The van der Waals surface area contributed by atoms with Gasteiger partial charge in [-0.25, -0.2) is 4.39 Å². The number of para-hydroxylation sites is 1. The SMILES string of the molecule is O=C1CC[C@@H](NCc2cccc3nccnc23)[C@H](c2ccccc2F)N1. The van der Waals surface area contributed by atoms with Gasteiger partial charge in [0.25, 0.3) is 0 Å². The number of hydrogen-bond acceptors (Lipinski definition) is 4. The van der Waals surface area contributed by atoms with Crippen molar-refractivity contribution in [1.82, 2.24) is 20.6 Å². The number of rotatable bonds is 4. The first-order valence-electron chi connectivity index (χ1n) is 8.68. The number of hydrogen-bond donors (Lipinski definition) is 2. The zero-order chi connectivity index (χ0) is 17.9. The minimum Gasteiger partial charge on any atom is -0.348 e. The first-order chi connectivity index (χ1) is 12.7. The predicted molar refractivity (Wildman–Crippen MR) is 96.7 cm³/mol. The molecule has 1 amide bonds. The molecule has 1 aliphatic rings. The third kappa shape index (κ3) is 3.28. The van der Waals surface area contributed by atoms with E-state index in [1.807, 2.05) is 18.2 Å². The molecule has 2 aromatic carbocycles. The van der Waals surface area contributed by atoms with E-state index in [4.69, 9.17) is 0 Å². The molecule has 2 heterocycles. The van der Waals surface area contributed by atoms with E-state index in [-0.39, 0.29) is 17.8 Å². The lowest BCUT2D eigenvalue weighted by Crippen LogP contribution is -2.48. The lowest BCUT2D eigenvalue weighted by atomic mass is 9.91. The van der Waals surface area contributed by atoms with Crippen molar-refractivity contribution in [2.24, 2.45) is 0 Å². The second-order valence-electron chi connectivity index (χ2n) is 6.43. The lowest BCUT2D eigenvalue weighted by molar-refractivity contribution is -0.123. The van der Waals surface area contributed by atoms with Crippen LogP contribution >= 0.6 is 0 Å². The smallest absolute Gasteiger partial charge is 0.220 e. The molecule has 1 aromatic heterocycles. The first kappa shape index (κ1) is 16.6. The summed E-state index contributed by atoms with van der Waals surface area (Å²) in [5.41, 5.74) is 3.23. The van der Waals surface area contributed by atoms with E-state index in [0.717, 1.165) is 16.6 Å². The van der Waals surface area contributed by atoms with Crippen molar-refractivity contribution in [2.75, 3.05) is 0 Å². The Morgan fingerprint density at radius 3 is 2.85 bits per heavy atom. The fraction of sp³-hybridized carbons (Fsp3) is 0.250. The van der Waals surface area contributed by atoms with Crippen LogP contribution in [0.5, 0.6) is 0 Å². The number of carbonyl (C=O) groups excluding carboxylic acids is 1. The first-order valence-corrected chi connectivity index (χ1v) is 8.68. The fourth-order valence-electron chi connectivity index (χ4n) is 3.48. The molecule has 3 aromatic rings. The van der Waals surface area contributed by atoms with Crippen LogP contribution in [-0.2, 0) is 11.3 Å². The third-order valence-electron chi connectivity index (χ3n) is 4.78. The van der Waals surface area contributed by atoms with Crippen LogP contribution in [0.4, 0.5) is 4.39 Å². The molecule has 0 unspecified atom stereocenters. The van der Waals surface area contributed by atoms with E-state index in [2.05, 4.69) is 20.6 Å². The minimum atomic E-state index is -0.390. The Bertz CT molecular complexity index is 941. The van der Waals surface area contributed by atoms with E-state index in [1.165, 1.54) is 6.07 Å². The quantitative estimate of drug-likeness (QED) is 0.759. The Kier molecular flexibility index (Phi) is 4.58. The summed E-state index contributed by atoms with van der Waals surface area (Å²) in [6.07, 6.45) is 4.43. The Labute approximate surface area is 150 Å². The molecule has 0 aliphatic carbocycles. The molecule has 5 nitrogen and oxygen atoms in total. The molecule has 4 rings (SSSR count). The summed E-state index contributed by atoms with van der Waals surface area (Å²) in [6, 6.07) is 12.0. The average molecular weight is 350 g/mol. The number of fused-ring (bicyclic) bond motifs is 1. The average Bonchev–Trinajstić information content (AvgIpc) is 2.67. The molecule has 132 valence electrons. The van der Waals surface area contributed by atoms with Gasteiger partial charge in [0.2, 0.25) is 5.91 Å². The van der Waals surface area contributed by atoms with Gasteiger partial charge in [0.1, 0.15) is 5.82 Å². The molecular weight excluding hydrogens is 331 g/mol. The summed E-state index contributed by atoms with van der Waals surface area (Å²) < 4.78 is 14.2. The summed E-state index contributed by atoms with van der Waals surface area (Å²) in [4.78, 5) is 20.6. The van der Waals surface area contributed by atoms with E-state index in [0.29, 0.717) is 24.9 Å². The van der Waals surface area contributed by atoms with E-state index >= 15 is 0 Å². The maximum Gasteiger partial charge on any atom is 0.220 e. The van der Waals surface area contributed by atoms with Gasteiger partial charge < -0.3 is 10.6 Å². The van der Waals surface area contributed by atoms with Gasteiger partial charge in [-0.15, -0.1) is 0 Å². The second kappa shape index (κ2) is 7.17. The molecular formula is C20H19FN4O. The van der Waals surface area contributed by atoms with Crippen LogP contribution in [0.15, 0.2) is 54.9 Å². The Balaban J connectivity index is 1.57. The minimum absolute atomic E-state index is 0.0488. The fourth-order valence-corrected chi connectivity index (χ4v) is 3.48. The summed E-state index contributed by atoms with van der Waals surface area (Å²) in [5, 5.41) is 6.40. The summed E-state index contributed by atoms with van der Waals surface area (Å²) in [5.74, 6) is -0.352. The summed E-state index contributed by atoms with van der Waals surface area (Å²) in [7, 11) is 0. The summed E-state index contributed by atoms with van der Waals surface area (Å²) >= 11 is 0. The zero-order valence-corrected chi connectivity index (χ0v) is 14.2. The Morgan fingerprint density at radius 1 is 1.12 bits per heavy atom. The van der Waals surface area contributed by atoms with Crippen LogP contribution in [0.3, 0.4) is 0 Å². The number of aromatic nitrogens is 2. The molecule has 0 spiro atoms. The largest absolute Gasteiger partial charge is 0.348 e. The van der Waals surface area contributed by atoms with Gasteiger partial charge in [-0.2, -0.15) is 0 Å². The molecule has 2 atom stereocenters. The van der Waals surface area contributed by atoms with Gasteiger partial charge in [-0.1, -0.05) is 30.3 Å². The number of piperidine rings is 1. The normalized spacial score (nSPS) is 20.1. The standard InChI is InChI=1S/C20H19FN4O/c21-15-6-2-1-5-14(15)20-17(8-9-18(26)25-20)24-12-13-4-3-7-16-19(13)23-11-10-22-16/h1-7,10-11,17,20,24H,8-9,12H2,(H,25,26)/t17-,20+/m1/s1. The topological polar surface area (TPSA) is 66.9 Å². The molecule has 1 saturated heterocycles. The zero-order valence-electron chi connectivity index (χ0n) is 14.2. The van der Waals surface area contributed by atoms with Crippen LogP contribution in [-0.4, -0.2) is 21.9 Å². The van der Waals surface area contributed by atoms with Gasteiger partial charge in [0, 0.05) is 37.0 Å². The number of carbonyl (C=O) groups is 1. The Hall–Kier alpha value is -2.86. The van der Waals surface area contributed by atoms with Crippen molar-refractivity contribution in [3.8, 4) is 0 Å². The lowest BCUT2D eigenvalue weighted by Gasteiger charge is -2.33. The highest BCUT2D eigenvalue weighted by Crippen LogP contribution is 2.27. The van der Waals surface area contributed by atoms with Gasteiger partial charge in [-0.05, 0) is 24.1 Å². The van der Waals surface area contributed by atoms with Crippen molar-refractivity contribution >= 4 is 16.9 Å². The highest BCUT2D eigenvalue weighted by Gasteiger charge is 2.31. The van der Waals surface area contributed by atoms with Crippen LogP contribution in [0, 0.1) is 5.82 Å². The van der Waals surface area contributed by atoms with E-state index < -0.39 is 6.04 Å². The van der Waals surface area contributed by atoms with E-state index in [1.54, 1.807) is 30.6 Å². The molecule has 0 bridgehead atoms. The monoisotopic (exact) mass is 350 g/mol. The van der Waals surface area contributed by atoms with Crippen LogP contribution in [0.25, 0.3) is 11.0 Å². The number of nitrogens with one attached hydrogen (secondary N) is 2. The second-order valence-corrected chi connectivity index (χ2v) is 6.43. The van der Waals surface area contributed by atoms with E-state index in [9.17, 15) is 9.18 Å². The van der Waals surface area contributed by atoms with Gasteiger partial charge in [0.15, 0.2) is 0 Å². The molecule has 1 aliphatic heterocycles. The number of benzene rings is 2. The van der Waals surface area contributed by atoms with Crippen LogP contribution in [0.1, 0.15) is 30.0 Å². The highest BCUT2D eigenvalue weighted by atomic mass is 19.1. The molecule has 6 heteroatoms. The van der Waals surface area contributed by atoms with Crippen molar-refractivity contribution < 1.29 is 9.18 Å². The number of halogens is 1. The molecule has 1 fully saturated rings. The maximum absolute atomic E-state index is 14.2. The van der Waals surface area contributed by atoms with Crippen LogP contribution in [0.2, 0.25) is 0 Å². The maximum atomic E-state index is 14.2. The number of nitrogens with zero attached hydrogens (tertiary/aromatic N) is 2. The highest BCUT2D eigenvalue weighted by molar-refractivity contribution is 5.78. The molecule has 2 N–H and O–H groups in total. The van der Waals surface area contributed by atoms with Crippen molar-refractivity contribution in [1.29, 1.82) is 0 Å². The van der Waals surface area contributed by atoms with Gasteiger partial charge in [-0.3, -0.25) is 14.8 Å². The number of amides is 1. The molecule has 0 saturated carbocycles. The molecule has 0 radical (unpaired) electrons. The van der Waals surface area contributed by atoms with Crippen molar-refractivity contribution in [3.05, 3.63) is 71.8 Å². The van der Waals surface area contributed by atoms with Crippen LogP contribution < -0.4 is 10.6 Å². The third-order valence-corrected chi connectivity index (χ3v) is 4.78. The summed E-state index contributed by atoms with van der Waals surface area (Å²) in [6.45, 7) is 0.571. The molecule has 26 heavy (non-hydrogen) atoms. The Morgan fingerprint density at radius 2 is 1.96 bits per heavy atom. The van der Waals surface area contributed by atoms with Crippen molar-refractivity contribution in [2.45, 2.75) is 31.5 Å². The predicted octanol–water partition coefficient (Wildman–Crippen LogP) is 2.88.